The molecule has 0 spiro atoms. The molecule has 0 aliphatic rings. The van der Waals surface area contributed by atoms with Crippen molar-refractivity contribution in [3.63, 3.8) is 0 Å². The van der Waals surface area contributed by atoms with Crippen LogP contribution >= 0.6 is 11.3 Å². The van der Waals surface area contributed by atoms with Gasteiger partial charge in [0, 0.05) is 7.05 Å². The van der Waals surface area contributed by atoms with E-state index in [0.29, 0.717) is 4.80 Å². The molecule has 1 heterocycles. The minimum Gasteiger partial charge on any atom is -0.495 e. The first-order chi connectivity index (χ1) is 11.1. The first-order valence-corrected chi connectivity index (χ1v) is 7.84. The summed E-state index contributed by atoms with van der Waals surface area (Å²) < 4.78 is 21.1. The van der Waals surface area contributed by atoms with Gasteiger partial charge in [-0.1, -0.05) is 29.5 Å². The van der Waals surface area contributed by atoms with Crippen LogP contribution in [0.2, 0.25) is 0 Å². The highest BCUT2D eigenvalue weighted by Gasteiger charge is 2.09. The van der Waals surface area contributed by atoms with Gasteiger partial charge in [0.1, 0.15) is 17.1 Å². The molecule has 0 atom stereocenters. The summed E-state index contributed by atoms with van der Waals surface area (Å²) >= 11 is 1.43. The van der Waals surface area contributed by atoms with Crippen LogP contribution < -0.4 is 9.54 Å². The van der Waals surface area contributed by atoms with Crippen molar-refractivity contribution >= 4 is 27.5 Å². The van der Waals surface area contributed by atoms with Crippen molar-refractivity contribution in [1.29, 1.82) is 0 Å². The lowest BCUT2D eigenvalue weighted by molar-refractivity contribution is -0.117. The predicted molar refractivity (Wildman–Crippen MR) is 88.0 cm³/mol. The summed E-state index contributed by atoms with van der Waals surface area (Å²) in [5.41, 5.74) is 1.65. The number of para-hydroxylation sites is 1. The van der Waals surface area contributed by atoms with Crippen LogP contribution in [0.3, 0.4) is 0 Å². The number of carbonyl (C=O) groups is 1. The fourth-order valence-corrected chi connectivity index (χ4v) is 3.42. The normalized spacial score (nSPS) is 11.9. The lowest BCUT2D eigenvalue weighted by atomic mass is 10.1. The van der Waals surface area contributed by atoms with E-state index in [2.05, 4.69) is 4.99 Å². The number of ether oxygens (including phenoxy) is 1. The Morgan fingerprint density at radius 2 is 2.00 bits per heavy atom. The number of hydrogen-bond donors (Lipinski definition) is 0. The Morgan fingerprint density at radius 3 is 2.70 bits per heavy atom. The van der Waals surface area contributed by atoms with Crippen molar-refractivity contribution in [3.8, 4) is 5.75 Å². The minimum atomic E-state index is -0.318. The van der Waals surface area contributed by atoms with Gasteiger partial charge in [0.05, 0.1) is 18.2 Å². The van der Waals surface area contributed by atoms with E-state index in [-0.39, 0.29) is 18.1 Å². The van der Waals surface area contributed by atoms with Gasteiger partial charge in [-0.15, -0.1) is 0 Å². The van der Waals surface area contributed by atoms with Crippen molar-refractivity contribution in [1.82, 2.24) is 4.57 Å². The summed E-state index contributed by atoms with van der Waals surface area (Å²) in [4.78, 5) is 16.9. The number of thiazole rings is 1. The number of rotatable bonds is 3. The molecular formula is C17H15FN2O2S. The van der Waals surface area contributed by atoms with Gasteiger partial charge in [-0.25, -0.2) is 4.39 Å². The van der Waals surface area contributed by atoms with Crippen molar-refractivity contribution in [3.05, 3.63) is 58.6 Å². The highest BCUT2D eigenvalue weighted by Crippen LogP contribution is 2.26. The maximum absolute atomic E-state index is 12.9. The van der Waals surface area contributed by atoms with E-state index >= 15 is 0 Å². The number of aromatic nitrogens is 1. The van der Waals surface area contributed by atoms with Crippen molar-refractivity contribution in [2.75, 3.05) is 7.11 Å². The first kappa shape index (κ1) is 15.4. The molecule has 0 fully saturated rings. The number of fused-ring (bicyclic) bond motifs is 1. The maximum Gasteiger partial charge on any atom is 0.252 e. The first-order valence-electron chi connectivity index (χ1n) is 7.03. The Morgan fingerprint density at radius 1 is 1.26 bits per heavy atom. The van der Waals surface area contributed by atoms with E-state index in [1.807, 2.05) is 29.8 Å². The van der Waals surface area contributed by atoms with Crippen LogP contribution in [0.4, 0.5) is 4.39 Å². The molecule has 0 saturated heterocycles. The third-order valence-corrected chi connectivity index (χ3v) is 4.59. The number of methoxy groups -OCH3 is 1. The zero-order chi connectivity index (χ0) is 16.4. The molecule has 0 aliphatic carbocycles. The Bertz CT molecular complexity index is 926. The zero-order valence-electron chi connectivity index (χ0n) is 12.7. The van der Waals surface area contributed by atoms with Crippen LogP contribution in [0, 0.1) is 5.82 Å². The molecule has 0 aliphatic heterocycles. The van der Waals surface area contributed by atoms with Gasteiger partial charge in [0.2, 0.25) is 0 Å². The Labute approximate surface area is 136 Å². The molecule has 118 valence electrons. The van der Waals surface area contributed by atoms with Crippen LogP contribution in [0.1, 0.15) is 5.56 Å². The second kappa shape index (κ2) is 6.34. The average molecular weight is 330 g/mol. The molecule has 6 heteroatoms. The summed E-state index contributed by atoms with van der Waals surface area (Å²) in [7, 11) is 3.47. The number of nitrogens with zero attached hydrogens (tertiary/aromatic N) is 2. The molecule has 0 saturated carbocycles. The van der Waals surface area contributed by atoms with Crippen LogP contribution in [0.5, 0.6) is 5.75 Å². The summed E-state index contributed by atoms with van der Waals surface area (Å²) in [5.74, 6) is 0.160. The molecule has 1 aromatic heterocycles. The van der Waals surface area contributed by atoms with E-state index < -0.39 is 0 Å². The van der Waals surface area contributed by atoms with Crippen LogP contribution in [0.15, 0.2) is 47.5 Å². The van der Waals surface area contributed by atoms with Gasteiger partial charge in [-0.05, 0) is 29.8 Å². The van der Waals surface area contributed by atoms with Crippen molar-refractivity contribution in [2.24, 2.45) is 12.0 Å². The lowest BCUT2D eigenvalue weighted by Crippen LogP contribution is -2.14. The monoisotopic (exact) mass is 330 g/mol. The molecule has 0 unspecified atom stereocenters. The highest BCUT2D eigenvalue weighted by atomic mass is 32.1. The van der Waals surface area contributed by atoms with Gasteiger partial charge in [0.25, 0.3) is 5.91 Å². The Kier molecular flexibility index (Phi) is 4.25. The second-order valence-electron chi connectivity index (χ2n) is 5.06. The fraction of sp³-hybridized carbons (Fsp3) is 0.176. The van der Waals surface area contributed by atoms with E-state index in [1.54, 1.807) is 19.2 Å². The standard InChI is InChI=1S/C17H15FN2O2S/c1-20-16-13(22-2)4-3-5-14(16)23-17(20)19-15(21)10-11-6-8-12(18)9-7-11/h3-9H,10H2,1-2H3. The van der Waals surface area contributed by atoms with E-state index in [9.17, 15) is 9.18 Å². The number of halogens is 1. The SMILES string of the molecule is COc1cccc2sc(=NC(=O)Cc3ccc(F)cc3)n(C)c12. The summed E-state index contributed by atoms with van der Waals surface area (Å²) in [6.45, 7) is 0. The molecule has 0 radical (unpaired) electrons. The predicted octanol–water partition coefficient (Wildman–Crippen LogP) is 3.06. The molecule has 0 bridgehead atoms. The maximum atomic E-state index is 12.9. The van der Waals surface area contributed by atoms with E-state index in [4.69, 9.17) is 4.74 Å². The van der Waals surface area contributed by atoms with Crippen molar-refractivity contribution in [2.45, 2.75) is 6.42 Å². The highest BCUT2D eigenvalue weighted by molar-refractivity contribution is 7.16. The molecule has 4 nitrogen and oxygen atoms in total. The fourth-order valence-electron chi connectivity index (χ4n) is 2.36. The molecule has 0 N–H and O–H groups in total. The number of aryl methyl sites for hydroxylation is 1. The lowest BCUT2D eigenvalue weighted by Gasteiger charge is -2.03. The Hall–Kier alpha value is -2.47. The number of hydrogen-bond acceptors (Lipinski definition) is 3. The molecule has 2 aromatic carbocycles. The third-order valence-electron chi connectivity index (χ3n) is 3.49. The topological polar surface area (TPSA) is 43.6 Å². The number of amides is 1. The average Bonchev–Trinajstić information content (AvgIpc) is 2.86. The molecular weight excluding hydrogens is 315 g/mol. The smallest absolute Gasteiger partial charge is 0.252 e. The minimum absolute atomic E-state index is 0.145. The quantitative estimate of drug-likeness (QED) is 0.741. The third kappa shape index (κ3) is 3.17. The van der Waals surface area contributed by atoms with Gasteiger partial charge >= 0.3 is 0 Å². The van der Waals surface area contributed by atoms with Crippen LogP contribution in [0.25, 0.3) is 10.2 Å². The van der Waals surface area contributed by atoms with Crippen LogP contribution in [-0.4, -0.2) is 17.6 Å². The molecule has 3 rings (SSSR count). The Balaban J connectivity index is 1.96. The molecule has 23 heavy (non-hydrogen) atoms. The summed E-state index contributed by atoms with van der Waals surface area (Å²) in [6.07, 6.45) is 0.145. The van der Waals surface area contributed by atoms with Gasteiger partial charge in [-0.2, -0.15) is 4.99 Å². The second-order valence-corrected chi connectivity index (χ2v) is 6.07. The number of benzene rings is 2. The summed E-state index contributed by atoms with van der Waals surface area (Å²) in [6, 6.07) is 11.6. The molecule has 1 amide bonds. The van der Waals surface area contributed by atoms with Gasteiger partial charge in [0.15, 0.2) is 4.80 Å². The van der Waals surface area contributed by atoms with E-state index in [0.717, 1.165) is 21.5 Å². The van der Waals surface area contributed by atoms with Crippen LogP contribution in [-0.2, 0) is 18.3 Å². The largest absolute Gasteiger partial charge is 0.495 e. The number of carbonyl (C=O) groups excluding carboxylic acids is 1. The van der Waals surface area contributed by atoms with Crippen molar-refractivity contribution < 1.29 is 13.9 Å². The van der Waals surface area contributed by atoms with Gasteiger partial charge < -0.3 is 9.30 Å². The van der Waals surface area contributed by atoms with Gasteiger partial charge in [-0.3, -0.25) is 4.79 Å². The van der Waals surface area contributed by atoms with E-state index in [1.165, 1.54) is 23.5 Å². The molecule has 3 aromatic rings. The summed E-state index contributed by atoms with van der Waals surface area (Å²) in [5, 5.41) is 0. The zero-order valence-corrected chi connectivity index (χ0v) is 13.6.